The van der Waals surface area contributed by atoms with Gasteiger partial charge in [-0.25, -0.2) is 0 Å². The molecule has 2 heteroatoms. The van der Waals surface area contributed by atoms with Crippen molar-refractivity contribution in [1.29, 1.82) is 5.26 Å². The van der Waals surface area contributed by atoms with Crippen LogP contribution in [0.4, 0.5) is 0 Å². The summed E-state index contributed by atoms with van der Waals surface area (Å²) in [4.78, 5) is 0. The van der Waals surface area contributed by atoms with E-state index in [1.54, 1.807) is 0 Å². The van der Waals surface area contributed by atoms with Gasteiger partial charge in [0, 0.05) is 12.2 Å². The highest BCUT2D eigenvalue weighted by Gasteiger charge is 2.07. The molecule has 0 bridgehead atoms. The zero-order chi connectivity index (χ0) is 9.84. The first-order valence-electron chi connectivity index (χ1n) is 4.38. The van der Waals surface area contributed by atoms with Gasteiger partial charge in [-0.3, -0.25) is 0 Å². The minimum absolute atomic E-state index is 0.777. The number of nitriles is 1. The van der Waals surface area contributed by atoms with Gasteiger partial charge in [-0.15, -0.1) is 6.58 Å². The van der Waals surface area contributed by atoms with Crippen LogP contribution in [-0.4, -0.2) is 4.57 Å². The molecule has 1 aromatic rings. The van der Waals surface area contributed by atoms with Gasteiger partial charge in [-0.2, -0.15) is 5.26 Å². The highest BCUT2D eigenvalue weighted by Crippen LogP contribution is 2.14. The summed E-state index contributed by atoms with van der Waals surface area (Å²) in [5, 5.41) is 8.92. The lowest BCUT2D eigenvalue weighted by Gasteiger charge is -2.05. The summed E-state index contributed by atoms with van der Waals surface area (Å²) in [6.07, 6.45) is 2.78. The second-order valence-corrected chi connectivity index (χ2v) is 3.16. The zero-order valence-electron chi connectivity index (χ0n) is 8.17. The predicted octanol–water partition coefficient (Wildman–Crippen LogP) is 2.55. The van der Waals surface area contributed by atoms with Gasteiger partial charge < -0.3 is 4.57 Å². The average Bonchev–Trinajstić information content (AvgIpc) is 2.37. The average molecular weight is 174 g/mol. The van der Waals surface area contributed by atoms with E-state index in [1.807, 2.05) is 30.6 Å². The molecular weight excluding hydrogens is 160 g/mol. The Hall–Kier alpha value is -1.49. The Bertz CT molecular complexity index is 353. The van der Waals surface area contributed by atoms with Gasteiger partial charge in [-0.05, 0) is 31.9 Å². The highest BCUT2D eigenvalue weighted by atomic mass is 15.0. The molecule has 0 atom stereocenters. The summed E-state index contributed by atoms with van der Waals surface area (Å²) in [6.45, 7) is 8.52. The SMILES string of the molecule is C=CCCn1c(C)cc(C)c1C#N. The van der Waals surface area contributed by atoms with Crippen molar-refractivity contribution in [2.75, 3.05) is 0 Å². The van der Waals surface area contributed by atoms with Crippen LogP contribution in [0.2, 0.25) is 0 Å². The number of aromatic nitrogens is 1. The minimum Gasteiger partial charge on any atom is -0.336 e. The summed E-state index contributed by atoms with van der Waals surface area (Å²) in [6, 6.07) is 4.27. The number of allylic oxidation sites excluding steroid dienone is 1. The normalized spacial score (nSPS) is 9.62. The van der Waals surface area contributed by atoms with Crippen molar-refractivity contribution in [3.63, 3.8) is 0 Å². The summed E-state index contributed by atoms with van der Waals surface area (Å²) in [7, 11) is 0. The van der Waals surface area contributed by atoms with Gasteiger partial charge >= 0.3 is 0 Å². The van der Waals surface area contributed by atoms with E-state index < -0.39 is 0 Å². The van der Waals surface area contributed by atoms with Crippen LogP contribution in [0.1, 0.15) is 23.4 Å². The maximum absolute atomic E-state index is 8.92. The molecule has 0 spiro atoms. The molecule has 0 amide bonds. The van der Waals surface area contributed by atoms with Crippen molar-refractivity contribution in [3.8, 4) is 6.07 Å². The van der Waals surface area contributed by atoms with Crippen molar-refractivity contribution < 1.29 is 0 Å². The van der Waals surface area contributed by atoms with Crippen LogP contribution >= 0.6 is 0 Å². The Morgan fingerprint density at radius 1 is 1.62 bits per heavy atom. The van der Waals surface area contributed by atoms with E-state index in [4.69, 9.17) is 5.26 Å². The van der Waals surface area contributed by atoms with E-state index in [9.17, 15) is 0 Å². The highest BCUT2D eigenvalue weighted by molar-refractivity contribution is 5.35. The molecular formula is C11H14N2. The fourth-order valence-electron chi connectivity index (χ4n) is 1.51. The first-order chi connectivity index (χ1) is 6.20. The van der Waals surface area contributed by atoms with E-state index >= 15 is 0 Å². The van der Waals surface area contributed by atoms with Crippen molar-refractivity contribution in [3.05, 3.63) is 35.7 Å². The molecule has 1 aromatic heterocycles. The van der Waals surface area contributed by atoms with Gasteiger partial charge in [0.15, 0.2) is 0 Å². The topological polar surface area (TPSA) is 28.7 Å². The zero-order valence-corrected chi connectivity index (χ0v) is 8.17. The van der Waals surface area contributed by atoms with Crippen LogP contribution < -0.4 is 0 Å². The monoisotopic (exact) mass is 174 g/mol. The van der Waals surface area contributed by atoms with Crippen LogP contribution in [0.25, 0.3) is 0 Å². The third-order valence-electron chi connectivity index (χ3n) is 2.16. The molecule has 0 unspecified atom stereocenters. The van der Waals surface area contributed by atoms with Gasteiger partial charge in [0.1, 0.15) is 11.8 Å². The van der Waals surface area contributed by atoms with E-state index in [1.165, 1.54) is 0 Å². The molecule has 0 aromatic carbocycles. The Balaban J connectivity index is 3.04. The lowest BCUT2D eigenvalue weighted by molar-refractivity contribution is 0.685. The lowest BCUT2D eigenvalue weighted by Crippen LogP contribution is -2.02. The standard InChI is InChI=1S/C11H14N2/c1-4-5-6-13-10(3)7-9(2)11(13)8-12/h4,7H,1,5-6H2,2-3H3. The fourth-order valence-corrected chi connectivity index (χ4v) is 1.51. The summed E-state index contributed by atoms with van der Waals surface area (Å²) in [5.74, 6) is 0. The molecule has 0 aliphatic rings. The van der Waals surface area contributed by atoms with Crippen LogP contribution in [0.5, 0.6) is 0 Å². The largest absolute Gasteiger partial charge is 0.336 e. The molecule has 0 saturated heterocycles. The number of aryl methyl sites for hydroxylation is 2. The molecule has 1 heterocycles. The molecule has 0 saturated carbocycles. The number of nitrogens with zero attached hydrogens (tertiary/aromatic N) is 2. The molecule has 13 heavy (non-hydrogen) atoms. The summed E-state index contributed by atoms with van der Waals surface area (Å²) < 4.78 is 2.04. The van der Waals surface area contributed by atoms with Gasteiger partial charge in [-0.1, -0.05) is 6.08 Å². The number of hydrogen-bond acceptors (Lipinski definition) is 1. The van der Waals surface area contributed by atoms with Gasteiger partial charge in [0.25, 0.3) is 0 Å². The number of hydrogen-bond donors (Lipinski definition) is 0. The van der Waals surface area contributed by atoms with Crippen LogP contribution in [0, 0.1) is 25.2 Å². The van der Waals surface area contributed by atoms with E-state index in [0.717, 1.165) is 29.9 Å². The van der Waals surface area contributed by atoms with Crippen LogP contribution in [0.15, 0.2) is 18.7 Å². The fraction of sp³-hybridized carbons (Fsp3) is 0.364. The third-order valence-corrected chi connectivity index (χ3v) is 2.16. The summed E-state index contributed by atoms with van der Waals surface area (Å²) in [5.41, 5.74) is 2.99. The van der Waals surface area contributed by atoms with Crippen LogP contribution in [0.3, 0.4) is 0 Å². The Morgan fingerprint density at radius 3 is 2.85 bits per heavy atom. The van der Waals surface area contributed by atoms with Crippen molar-refractivity contribution in [2.45, 2.75) is 26.8 Å². The molecule has 0 radical (unpaired) electrons. The predicted molar refractivity (Wildman–Crippen MR) is 53.4 cm³/mol. The van der Waals surface area contributed by atoms with Gasteiger partial charge in [0.05, 0.1) is 0 Å². The molecule has 0 N–H and O–H groups in total. The second kappa shape index (κ2) is 3.95. The Kier molecular flexibility index (Phi) is 2.92. The van der Waals surface area contributed by atoms with Gasteiger partial charge in [0.2, 0.25) is 0 Å². The van der Waals surface area contributed by atoms with Crippen molar-refractivity contribution in [1.82, 2.24) is 4.57 Å². The Morgan fingerprint density at radius 2 is 2.31 bits per heavy atom. The maximum Gasteiger partial charge on any atom is 0.123 e. The lowest BCUT2D eigenvalue weighted by atomic mass is 10.3. The molecule has 1 rings (SSSR count). The first-order valence-corrected chi connectivity index (χ1v) is 4.38. The molecule has 2 nitrogen and oxygen atoms in total. The molecule has 68 valence electrons. The van der Waals surface area contributed by atoms with E-state index in [-0.39, 0.29) is 0 Å². The first kappa shape index (κ1) is 9.60. The quantitative estimate of drug-likeness (QED) is 0.647. The summed E-state index contributed by atoms with van der Waals surface area (Å²) >= 11 is 0. The molecule has 0 fully saturated rings. The van der Waals surface area contributed by atoms with Crippen LogP contribution in [-0.2, 0) is 6.54 Å². The smallest absolute Gasteiger partial charge is 0.123 e. The van der Waals surface area contributed by atoms with E-state index in [0.29, 0.717) is 0 Å². The Labute approximate surface area is 79.1 Å². The van der Waals surface area contributed by atoms with E-state index in [2.05, 4.69) is 12.6 Å². The molecule has 0 aliphatic carbocycles. The van der Waals surface area contributed by atoms with Crippen molar-refractivity contribution in [2.24, 2.45) is 0 Å². The van der Waals surface area contributed by atoms with Crippen molar-refractivity contribution >= 4 is 0 Å². The maximum atomic E-state index is 8.92. The molecule has 0 aliphatic heterocycles. The minimum atomic E-state index is 0.777. The number of rotatable bonds is 3. The third kappa shape index (κ3) is 1.81. The second-order valence-electron chi connectivity index (χ2n) is 3.16.